The number of hydrogen-bond acceptors (Lipinski definition) is 4. The molecule has 0 spiro atoms. The van der Waals surface area contributed by atoms with Crippen LogP contribution in [0.25, 0.3) is 0 Å². The molecule has 1 rings (SSSR count). The molecule has 0 radical (unpaired) electrons. The number of ether oxygens (including phenoxy) is 3. The Morgan fingerprint density at radius 2 is 1.86 bits per heavy atom. The molecule has 0 saturated heterocycles. The topological polar surface area (TPSA) is 39.7 Å². The fourth-order valence-corrected chi connectivity index (χ4v) is 2.05. The van der Waals surface area contributed by atoms with E-state index in [0.29, 0.717) is 25.7 Å². The van der Waals surface area contributed by atoms with Crippen molar-refractivity contribution < 1.29 is 14.2 Å². The third-order valence-electron chi connectivity index (χ3n) is 3.49. The van der Waals surface area contributed by atoms with Crippen molar-refractivity contribution >= 4 is 0 Å². The van der Waals surface area contributed by atoms with Gasteiger partial charge in [0.05, 0.1) is 13.2 Å². The largest absolute Gasteiger partial charge is 0.491 e. The molecular weight excluding hydrogens is 278 g/mol. The summed E-state index contributed by atoms with van der Waals surface area (Å²) in [6.07, 6.45) is 1.03. The third-order valence-corrected chi connectivity index (χ3v) is 3.49. The van der Waals surface area contributed by atoms with Gasteiger partial charge < -0.3 is 19.5 Å². The molecule has 0 bridgehead atoms. The van der Waals surface area contributed by atoms with Crippen LogP contribution in [-0.2, 0) is 9.47 Å². The van der Waals surface area contributed by atoms with Crippen LogP contribution in [0, 0.1) is 6.92 Å². The van der Waals surface area contributed by atoms with Crippen LogP contribution < -0.4 is 10.1 Å². The maximum absolute atomic E-state index is 5.83. The molecule has 126 valence electrons. The van der Waals surface area contributed by atoms with Crippen molar-refractivity contribution in [2.75, 3.05) is 46.6 Å². The Bertz CT molecular complexity index is 407. The molecule has 0 amide bonds. The van der Waals surface area contributed by atoms with Crippen LogP contribution in [0.4, 0.5) is 0 Å². The van der Waals surface area contributed by atoms with Gasteiger partial charge >= 0.3 is 0 Å². The fraction of sp³-hybridized carbons (Fsp3) is 0.667. The van der Waals surface area contributed by atoms with E-state index in [1.807, 2.05) is 0 Å². The van der Waals surface area contributed by atoms with Gasteiger partial charge in [0, 0.05) is 20.3 Å². The summed E-state index contributed by atoms with van der Waals surface area (Å²) in [4.78, 5) is 0. The van der Waals surface area contributed by atoms with Gasteiger partial charge in [-0.05, 0) is 43.0 Å². The van der Waals surface area contributed by atoms with Crippen LogP contribution >= 0.6 is 0 Å². The van der Waals surface area contributed by atoms with Crippen molar-refractivity contribution in [3.63, 3.8) is 0 Å². The number of hydrogen-bond donors (Lipinski definition) is 1. The third kappa shape index (κ3) is 7.78. The Morgan fingerprint density at radius 1 is 1.05 bits per heavy atom. The van der Waals surface area contributed by atoms with Gasteiger partial charge in [-0.2, -0.15) is 0 Å². The maximum atomic E-state index is 5.83. The molecule has 4 heteroatoms. The Labute approximate surface area is 135 Å². The molecule has 0 aliphatic heterocycles. The highest BCUT2D eigenvalue weighted by Crippen LogP contribution is 2.24. The molecule has 0 aromatic heterocycles. The van der Waals surface area contributed by atoms with Crippen molar-refractivity contribution in [1.29, 1.82) is 0 Å². The summed E-state index contributed by atoms with van der Waals surface area (Å²) in [5, 5.41) is 3.31. The molecule has 0 aliphatic rings. The summed E-state index contributed by atoms with van der Waals surface area (Å²) in [5.41, 5.74) is 2.48. The second-order valence-corrected chi connectivity index (χ2v) is 5.74. The van der Waals surface area contributed by atoms with Crippen molar-refractivity contribution in [3.8, 4) is 5.75 Å². The van der Waals surface area contributed by atoms with E-state index in [1.165, 1.54) is 11.1 Å². The molecule has 0 unspecified atom stereocenters. The average Bonchev–Trinajstić information content (AvgIpc) is 2.50. The van der Waals surface area contributed by atoms with Crippen molar-refractivity contribution in [2.24, 2.45) is 0 Å². The van der Waals surface area contributed by atoms with E-state index in [-0.39, 0.29) is 0 Å². The summed E-state index contributed by atoms with van der Waals surface area (Å²) in [7, 11) is 1.72. The lowest BCUT2D eigenvalue weighted by molar-refractivity contribution is 0.101. The smallest absolute Gasteiger partial charge is 0.122 e. The number of aryl methyl sites for hydroxylation is 1. The molecular formula is C18H31NO3. The Balaban J connectivity index is 2.11. The van der Waals surface area contributed by atoms with Gasteiger partial charge in [-0.1, -0.05) is 26.0 Å². The Hall–Kier alpha value is -1.10. The lowest BCUT2D eigenvalue weighted by Gasteiger charge is -2.13. The van der Waals surface area contributed by atoms with E-state index >= 15 is 0 Å². The van der Waals surface area contributed by atoms with Crippen molar-refractivity contribution in [3.05, 3.63) is 29.3 Å². The van der Waals surface area contributed by atoms with E-state index in [1.54, 1.807) is 7.11 Å². The summed E-state index contributed by atoms with van der Waals surface area (Å²) in [6.45, 7) is 11.0. The standard InChI is InChI=1S/C18H31NO3/c1-15(2)17-7-6-16(3)18(14-17)22-13-12-21-11-9-19-8-5-10-20-4/h6-7,14-15,19H,5,8-13H2,1-4H3. The minimum Gasteiger partial charge on any atom is -0.491 e. The van der Waals surface area contributed by atoms with E-state index in [9.17, 15) is 0 Å². The van der Waals surface area contributed by atoms with E-state index in [0.717, 1.165) is 31.9 Å². The summed E-state index contributed by atoms with van der Waals surface area (Å²) < 4.78 is 16.4. The maximum Gasteiger partial charge on any atom is 0.122 e. The molecule has 1 N–H and O–H groups in total. The molecule has 4 nitrogen and oxygen atoms in total. The number of benzene rings is 1. The summed E-state index contributed by atoms with van der Waals surface area (Å²) in [5.74, 6) is 1.48. The highest BCUT2D eigenvalue weighted by atomic mass is 16.5. The first-order valence-corrected chi connectivity index (χ1v) is 8.16. The van der Waals surface area contributed by atoms with Crippen LogP contribution in [0.5, 0.6) is 5.75 Å². The SMILES string of the molecule is COCCCNCCOCCOc1cc(C(C)C)ccc1C. The molecule has 0 fully saturated rings. The predicted octanol–water partition coefficient (Wildman–Crippen LogP) is 3.14. The quantitative estimate of drug-likeness (QED) is 0.602. The molecule has 0 aliphatic carbocycles. The van der Waals surface area contributed by atoms with Gasteiger partial charge in [0.2, 0.25) is 0 Å². The molecule has 0 saturated carbocycles. The average molecular weight is 309 g/mol. The molecule has 1 aromatic rings. The number of rotatable bonds is 12. The molecule has 0 heterocycles. The zero-order chi connectivity index (χ0) is 16.2. The zero-order valence-corrected chi connectivity index (χ0v) is 14.5. The van der Waals surface area contributed by atoms with Crippen LogP contribution in [0.1, 0.15) is 37.3 Å². The van der Waals surface area contributed by atoms with E-state index in [4.69, 9.17) is 14.2 Å². The summed E-state index contributed by atoms with van der Waals surface area (Å²) >= 11 is 0. The van der Waals surface area contributed by atoms with Gasteiger partial charge in [-0.25, -0.2) is 0 Å². The van der Waals surface area contributed by atoms with Crippen molar-refractivity contribution in [1.82, 2.24) is 5.32 Å². The first-order valence-electron chi connectivity index (χ1n) is 8.16. The Kier molecular flexibility index (Phi) is 9.87. The van der Waals surface area contributed by atoms with Crippen LogP contribution in [0.3, 0.4) is 0 Å². The van der Waals surface area contributed by atoms with Crippen LogP contribution in [0.2, 0.25) is 0 Å². The molecule has 0 atom stereocenters. The normalized spacial score (nSPS) is 11.1. The fourth-order valence-electron chi connectivity index (χ4n) is 2.05. The van der Waals surface area contributed by atoms with E-state index < -0.39 is 0 Å². The second-order valence-electron chi connectivity index (χ2n) is 5.74. The van der Waals surface area contributed by atoms with E-state index in [2.05, 4.69) is 44.3 Å². The minimum atomic E-state index is 0.517. The highest BCUT2D eigenvalue weighted by molar-refractivity contribution is 5.37. The summed E-state index contributed by atoms with van der Waals surface area (Å²) in [6, 6.07) is 6.42. The predicted molar refractivity (Wildman–Crippen MR) is 90.9 cm³/mol. The monoisotopic (exact) mass is 309 g/mol. The van der Waals surface area contributed by atoms with Gasteiger partial charge in [0.1, 0.15) is 12.4 Å². The highest BCUT2D eigenvalue weighted by Gasteiger charge is 2.04. The van der Waals surface area contributed by atoms with Crippen LogP contribution in [-0.4, -0.2) is 46.6 Å². The second kappa shape index (κ2) is 11.5. The van der Waals surface area contributed by atoms with Crippen molar-refractivity contribution in [2.45, 2.75) is 33.1 Å². The zero-order valence-electron chi connectivity index (χ0n) is 14.5. The first-order chi connectivity index (χ1) is 10.6. The molecule has 1 aromatic carbocycles. The van der Waals surface area contributed by atoms with Gasteiger partial charge in [-0.3, -0.25) is 0 Å². The number of methoxy groups -OCH3 is 1. The first kappa shape index (κ1) is 18.9. The van der Waals surface area contributed by atoms with Crippen LogP contribution in [0.15, 0.2) is 18.2 Å². The Morgan fingerprint density at radius 3 is 2.59 bits per heavy atom. The minimum absolute atomic E-state index is 0.517. The van der Waals surface area contributed by atoms with Gasteiger partial charge in [-0.15, -0.1) is 0 Å². The molecule has 22 heavy (non-hydrogen) atoms. The lowest BCUT2D eigenvalue weighted by Crippen LogP contribution is -2.22. The van der Waals surface area contributed by atoms with Gasteiger partial charge in [0.25, 0.3) is 0 Å². The number of nitrogens with one attached hydrogen (secondary N) is 1. The van der Waals surface area contributed by atoms with Gasteiger partial charge in [0.15, 0.2) is 0 Å². The lowest BCUT2D eigenvalue weighted by atomic mass is 10.0.